The summed E-state index contributed by atoms with van der Waals surface area (Å²) in [5, 5.41) is 20.9. The third kappa shape index (κ3) is 2.60. The molecule has 3 N–H and O–H groups in total. The molecule has 1 aromatic carbocycles. The van der Waals surface area contributed by atoms with Crippen LogP contribution in [-0.4, -0.2) is 40.4 Å². The maximum Gasteiger partial charge on any atom is 0.337 e. The second-order valence-electron chi connectivity index (χ2n) is 5.29. The molecule has 0 spiro atoms. The number of nitrogens with one attached hydrogen (secondary N) is 1. The Bertz CT molecular complexity index is 542. The molecule has 1 heterocycles. The van der Waals surface area contributed by atoms with Crippen molar-refractivity contribution in [1.29, 1.82) is 0 Å². The van der Waals surface area contributed by atoms with Gasteiger partial charge in [-0.15, -0.1) is 0 Å². The maximum absolute atomic E-state index is 12.2. The number of para-hydroxylation sites is 1. The zero-order valence-corrected chi connectivity index (χ0v) is 11.5. The van der Waals surface area contributed by atoms with E-state index < -0.39 is 17.6 Å². The summed E-state index contributed by atoms with van der Waals surface area (Å²) in [6.45, 7) is 2.73. The fraction of sp³-hybridized carbons (Fsp3) is 0.429. The number of aliphatic hydroxyl groups is 1. The Morgan fingerprint density at radius 3 is 2.75 bits per heavy atom. The Balaban J connectivity index is 2.09. The van der Waals surface area contributed by atoms with E-state index in [0.717, 1.165) is 24.6 Å². The number of carboxylic acids is 1. The molecule has 6 nitrogen and oxygen atoms in total. The number of carbonyl (C=O) groups excluding carboxylic acids is 1. The van der Waals surface area contributed by atoms with Gasteiger partial charge in [-0.05, 0) is 31.9 Å². The average Bonchev–Trinajstić information content (AvgIpc) is 2.71. The summed E-state index contributed by atoms with van der Waals surface area (Å²) in [6.07, 6.45) is 0.763. The van der Waals surface area contributed by atoms with Crippen molar-refractivity contribution in [3.63, 3.8) is 0 Å². The van der Waals surface area contributed by atoms with Crippen LogP contribution in [0.1, 0.15) is 19.4 Å². The van der Waals surface area contributed by atoms with Crippen molar-refractivity contribution >= 4 is 17.7 Å². The van der Waals surface area contributed by atoms with Crippen molar-refractivity contribution in [1.82, 2.24) is 5.32 Å². The molecule has 2 unspecified atom stereocenters. The number of rotatable bonds is 3. The highest BCUT2D eigenvalue weighted by atomic mass is 16.4. The van der Waals surface area contributed by atoms with Crippen LogP contribution in [0.5, 0.6) is 0 Å². The molecule has 2 amide bonds. The lowest BCUT2D eigenvalue weighted by Gasteiger charge is -2.25. The van der Waals surface area contributed by atoms with Gasteiger partial charge in [0.1, 0.15) is 0 Å². The van der Waals surface area contributed by atoms with Crippen LogP contribution in [0, 0.1) is 0 Å². The molecule has 2 atom stereocenters. The molecule has 1 aliphatic rings. The number of nitrogens with zero attached hydrogens (tertiary/aromatic N) is 1. The van der Waals surface area contributed by atoms with E-state index >= 15 is 0 Å². The number of aliphatic carboxylic acids is 1. The monoisotopic (exact) mass is 278 g/mol. The van der Waals surface area contributed by atoms with Gasteiger partial charge in [0.15, 0.2) is 5.60 Å². The van der Waals surface area contributed by atoms with Crippen LogP contribution >= 0.6 is 0 Å². The fourth-order valence-corrected chi connectivity index (χ4v) is 2.28. The molecule has 0 bridgehead atoms. The van der Waals surface area contributed by atoms with Crippen molar-refractivity contribution in [2.45, 2.75) is 31.9 Å². The van der Waals surface area contributed by atoms with Crippen molar-refractivity contribution in [3.05, 3.63) is 29.8 Å². The topological polar surface area (TPSA) is 89.9 Å². The number of urea groups is 1. The van der Waals surface area contributed by atoms with E-state index in [9.17, 15) is 14.7 Å². The molecule has 0 aromatic heterocycles. The van der Waals surface area contributed by atoms with Gasteiger partial charge in [0.25, 0.3) is 0 Å². The molecule has 2 rings (SSSR count). The van der Waals surface area contributed by atoms with E-state index in [1.165, 1.54) is 0 Å². The number of carbonyl (C=O) groups is 2. The van der Waals surface area contributed by atoms with Gasteiger partial charge in [0.05, 0.1) is 6.54 Å². The van der Waals surface area contributed by atoms with Crippen molar-refractivity contribution in [2.75, 3.05) is 11.4 Å². The molecule has 0 saturated carbocycles. The molecule has 20 heavy (non-hydrogen) atoms. The summed E-state index contributed by atoms with van der Waals surface area (Å²) in [5.74, 6) is -1.37. The number of hydrogen-bond acceptors (Lipinski definition) is 3. The highest BCUT2D eigenvalue weighted by Gasteiger charge is 2.34. The molecular formula is C14H18N2O4. The normalized spacial score (nSPS) is 20.1. The van der Waals surface area contributed by atoms with Gasteiger partial charge in [0, 0.05) is 11.7 Å². The number of amides is 2. The fourth-order valence-electron chi connectivity index (χ4n) is 2.28. The SMILES string of the molecule is CC1Cc2ccccc2N1C(=O)NCC(C)(O)C(=O)O. The van der Waals surface area contributed by atoms with E-state index in [4.69, 9.17) is 5.11 Å². The first-order valence-electron chi connectivity index (χ1n) is 6.43. The van der Waals surface area contributed by atoms with Crippen molar-refractivity contribution in [3.8, 4) is 0 Å². The Morgan fingerprint density at radius 1 is 1.45 bits per heavy atom. The van der Waals surface area contributed by atoms with Gasteiger partial charge in [-0.2, -0.15) is 0 Å². The van der Waals surface area contributed by atoms with Gasteiger partial charge in [-0.1, -0.05) is 18.2 Å². The summed E-state index contributed by atoms with van der Waals surface area (Å²) >= 11 is 0. The second kappa shape index (κ2) is 5.13. The summed E-state index contributed by atoms with van der Waals surface area (Å²) in [6, 6.07) is 7.19. The Morgan fingerprint density at radius 2 is 2.10 bits per heavy atom. The number of carboxylic acid groups (broad SMARTS) is 1. The quantitative estimate of drug-likeness (QED) is 0.769. The van der Waals surface area contributed by atoms with Crippen LogP contribution in [0.15, 0.2) is 24.3 Å². The first kappa shape index (κ1) is 14.3. The highest BCUT2D eigenvalue weighted by molar-refractivity contribution is 5.95. The number of anilines is 1. The minimum absolute atomic E-state index is 0.00202. The molecule has 108 valence electrons. The first-order chi connectivity index (χ1) is 9.33. The van der Waals surface area contributed by atoms with E-state index in [-0.39, 0.29) is 12.6 Å². The standard InChI is InChI=1S/C14H18N2O4/c1-9-7-10-5-3-4-6-11(10)16(9)13(19)15-8-14(2,20)12(17)18/h3-6,9,20H,7-8H2,1-2H3,(H,15,19)(H,17,18). The lowest BCUT2D eigenvalue weighted by Crippen LogP contribution is -2.51. The van der Waals surface area contributed by atoms with Crippen LogP contribution in [0.2, 0.25) is 0 Å². The van der Waals surface area contributed by atoms with Crippen molar-refractivity contribution < 1.29 is 19.8 Å². The lowest BCUT2D eigenvalue weighted by atomic mass is 10.1. The van der Waals surface area contributed by atoms with Crippen LogP contribution in [0.3, 0.4) is 0 Å². The maximum atomic E-state index is 12.2. The van der Waals surface area contributed by atoms with Gasteiger partial charge < -0.3 is 15.5 Å². The molecule has 1 aromatic rings. The molecule has 0 aliphatic carbocycles. The summed E-state index contributed by atoms with van der Waals surface area (Å²) in [5.41, 5.74) is -0.0642. The zero-order valence-electron chi connectivity index (χ0n) is 11.5. The number of benzene rings is 1. The highest BCUT2D eigenvalue weighted by Crippen LogP contribution is 2.31. The lowest BCUT2D eigenvalue weighted by molar-refractivity contribution is -0.155. The van der Waals surface area contributed by atoms with Crippen LogP contribution < -0.4 is 10.2 Å². The van der Waals surface area contributed by atoms with E-state index in [0.29, 0.717) is 0 Å². The van der Waals surface area contributed by atoms with Crippen LogP contribution in [0.4, 0.5) is 10.5 Å². The smallest absolute Gasteiger partial charge is 0.337 e. The van der Waals surface area contributed by atoms with Gasteiger partial charge in [0.2, 0.25) is 0 Å². The first-order valence-corrected chi connectivity index (χ1v) is 6.43. The largest absolute Gasteiger partial charge is 0.479 e. The van der Waals surface area contributed by atoms with Crippen LogP contribution in [-0.2, 0) is 11.2 Å². The predicted octanol–water partition coefficient (Wildman–Crippen LogP) is 0.983. The van der Waals surface area contributed by atoms with E-state index in [1.807, 2.05) is 31.2 Å². The summed E-state index contributed by atoms with van der Waals surface area (Å²) in [7, 11) is 0. The Kier molecular flexibility index (Phi) is 3.67. The number of fused-ring (bicyclic) bond motifs is 1. The molecule has 6 heteroatoms. The Hall–Kier alpha value is -2.08. The zero-order chi connectivity index (χ0) is 14.9. The molecule has 0 fully saturated rings. The minimum atomic E-state index is -1.97. The van der Waals surface area contributed by atoms with Gasteiger partial charge in [-0.25, -0.2) is 9.59 Å². The van der Waals surface area contributed by atoms with Gasteiger partial charge in [-0.3, -0.25) is 4.90 Å². The molecule has 0 saturated heterocycles. The molecular weight excluding hydrogens is 260 g/mol. The number of hydrogen-bond donors (Lipinski definition) is 3. The minimum Gasteiger partial charge on any atom is -0.479 e. The molecule has 0 radical (unpaired) electrons. The average molecular weight is 278 g/mol. The van der Waals surface area contributed by atoms with Crippen molar-refractivity contribution in [2.24, 2.45) is 0 Å². The second-order valence-corrected chi connectivity index (χ2v) is 5.29. The third-order valence-corrected chi connectivity index (χ3v) is 3.47. The molecule has 1 aliphatic heterocycles. The predicted molar refractivity (Wildman–Crippen MR) is 73.7 cm³/mol. The summed E-state index contributed by atoms with van der Waals surface area (Å²) < 4.78 is 0. The van der Waals surface area contributed by atoms with Gasteiger partial charge >= 0.3 is 12.0 Å². The summed E-state index contributed by atoms with van der Waals surface area (Å²) in [4.78, 5) is 24.6. The third-order valence-electron chi connectivity index (χ3n) is 3.47. The van der Waals surface area contributed by atoms with Crippen LogP contribution in [0.25, 0.3) is 0 Å². The van der Waals surface area contributed by atoms with E-state index in [1.54, 1.807) is 4.90 Å². The van der Waals surface area contributed by atoms with E-state index in [2.05, 4.69) is 5.32 Å². The Labute approximate surface area is 117 Å².